The summed E-state index contributed by atoms with van der Waals surface area (Å²) >= 11 is 5.83. The molecule has 100 valence electrons. The van der Waals surface area contributed by atoms with Crippen LogP contribution < -0.4 is 5.32 Å². The zero-order chi connectivity index (χ0) is 13.0. The van der Waals surface area contributed by atoms with Gasteiger partial charge >= 0.3 is 0 Å². The van der Waals surface area contributed by atoms with Gasteiger partial charge in [0.15, 0.2) is 0 Å². The van der Waals surface area contributed by atoms with Crippen molar-refractivity contribution < 1.29 is 4.39 Å². The lowest BCUT2D eigenvalue weighted by Gasteiger charge is -2.30. The number of nitrogens with one attached hydrogen (secondary N) is 1. The first-order chi connectivity index (χ1) is 8.70. The van der Waals surface area contributed by atoms with Crippen molar-refractivity contribution in [1.82, 2.24) is 5.32 Å². The van der Waals surface area contributed by atoms with Gasteiger partial charge < -0.3 is 5.32 Å². The molecule has 1 fully saturated rings. The van der Waals surface area contributed by atoms with E-state index in [0.717, 1.165) is 17.9 Å². The Kier molecular flexibility index (Phi) is 5.02. The predicted molar refractivity (Wildman–Crippen MR) is 74.5 cm³/mol. The summed E-state index contributed by atoms with van der Waals surface area (Å²) in [6.45, 7) is 0. The van der Waals surface area contributed by atoms with Gasteiger partial charge in [-0.05, 0) is 49.9 Å². The highest BCUT2D eigenvalue weighted by Crippen LogP contribution is 2.28. The normalized spacial score (nSPS) is 18.8. The summed E-state index contributed by atoms with van der Waals surface area (Å²) in [5, 5.41) is 3.65. The first kappa shape index (κ1) is 13.8. The molecule has 0 aliphatic heterocycles. The minimum atomic E-state index is -0.334. The molecule has 0 bridgehead atoms. The van der Waals surface area contributed by atoms with E-state index in [4.69, 9.17) is 11.6 Å². The van der Waals surface area contributed by atoms with Crippen LogP contribution in [0.1, 0.15) is 37.7 Å². The highest BCUT2D eigenvalue weighted by molar-refractivity contribution is 6.30. The topological polar surface area (TPSA) is 12.0 Å². The largest absolute Gasteiger partial charge is 0.316 e. The van der Waals surface area contributed by atoms with Crippen LogP contribution in [0.25, 0.3) is 0 Å². The second-order valence-electron chi connectivity index (χ2n) is 5.25. The molecule has 1 aliphatic carbocycles. The number of rotatable bonds is 4. The molecule has 2 rings (SSSR count). The summed E-state index contributed by atoms with van der Waals surface area (Å²) in [4.78, 5) is 0. The van der Waals surface area contributed by atoms with E-state index in [-0.39, 0.29) is 10.8 Å². The van der Waals surface area contributed by atoms with E-state index >= 15 is 0 Å². The van der Waals surface area contributed by atoms with Crippen LogP contribution >= 0.6 is 11.6 Å². The fourth-order valence-corrected chi connectivity index (χ4v) is 3.16. The van der Waals surface area contributed by atoms with Crippen LogP contribution in [-0.2, 0) is 6.42 Å². The Morgan fingerprint density at radius 1 is 1.33 bits per heavy atom. The molecular formula is C15H21ClFN. The van der Waals surface area contributed by atoms with E-state index in [1.807, 2.05) is 13.1 Å². The second-order valence-corrected chi connectivity index (χ2v) is 5.65. The molecule has 1 unspecified atom stereocenters. The molecule has 1 N–H and O–H groups in total. The molecule has 0 heterocycles. The van der Waals surface area contributed by atoms with Gasteiger partial charge in [-0.15, -0.1) is 0 Å². The summed E-state index contributed by atoms with van der Waals surface area (Å²) < 4.78 is 13.1. The monoisotopic (exact) mass is 269 g/mol. The molecule has 0 amide bonds. The maximum atomic E-state index is 13.1. The Balaban J connectivity index is 2.02. The maximum Gasteiger partial charge on any atom is 0.141 e. The zero-order valence-electron chi connectivity index (χ0n) is 10.9. The molecule has 1 saturated carbocycles. The van der Waals surface area contributed by atoms with Crippen LogP contribution in [0.2, 0.25) is 5.02 Å². The van der Waals surface area contributed by atoms with Gasteiger partial charge in [-0.2, -0.15) is 0 Å². The highest BCUT2D eigenvalue weighted by atomic mass is 35.5. The van der Waals surface area contributed by atoms with Crippen molar-refractivity contribution in [3.63, 3.8) is 0 Å². The van der Waals surface area contributed by atoms with Gasteiger partial charge in [0.2, 0.25) is 0 Å². The molecule has 0 radical (unpaired) electrons. The van der Waals surface area contributed by atoms with Crippen molar-refractivity contribution in [3.8, 4) is 0 Å². The van der Waals surface area contributed by atoms with Gasteiger partial charge in [-0.1, -0.05) is 36.9 Å². The average molecular weight is 270 g/mol. The number of halogens is 2. The maximum absolute atomic E-state index is 13.1. The van der Waals surface area contributed by atoms with Gasteiger partial charge in [0.1, 0.15) is 5.82 Å². The SMILES string of the molecule is CNC(Cc1ccc(F)c(Cl)c1)C1CCCCC1. The third kappa shape index (κ3) is 3.46. The van der Waals surface area contributed by atoms with Gasteiger partial charge in [0.05, 0.1) is 5.02 Å². The lowest BCUT2D eigenvalue weighted by molar-refractivity contribution is 0.276. The minimum absolute atomic E-state index is 0.228. The van der Waals surface area contributed by atoms with Gasteiger partial charge in [-0.3, -0.25) is 0 Å². The van der Waals surface area contributed by atoms with E-state index in [9.17, 15) is 4.39 Å². The van der Waals surface area contributed by atoms with Crippen molar-refractivity contribution in [2.24, 2.45) is 5.92 Å². The summed E-state index contributed by atoms with van der Waals surface area (Å²) in [6, 6.07) is 5.54. The third-order valence-corrected chi connectivity index (χ3v) is 4.32. The van der Waals surface area contributed by atoms with Crippen molar-refractivity contribution in [1.29, 1.82) is 0 Å². The first-order valence-electron chi connectivity index (χ1n) is 6.82. The van der Waals surface area contributed by atoms with E-state index < -0.39 is 0 Å². The Morgan fingerprint density at radius 3 is 2.67 bits per heavy atom. The highest BCUT2D eigenvalue weighted by Gasteiger charge is 2.22. The molecule has 1 atom stereocenters. The van der Waals surface area contributed by atoms with Crippen LogP contribution in [0.3, 0.4) is 0 Å². The van der Waals surface area contributed by atoms with Crippen LogP contribution in [0.5, 0.6) is 0 Å². The minimum Gasteiger partial charge on any atom is -0.316 e. The molecule has 18 heavy (non-hydrogen) atoms. The molecule has 0 spiro atoms. The fourth-order valence-electron chi connectivity index (χ4n) is 2.96. The summed E-state index contributed by atoms with van der Waals surface area (Å²) in [7, 11) is 2.02. The number of hydrogen-bond acceptors (Lipinski definition) is 1. The Hall–Kier alpha value is -0.600. The fraction of sp³-hybridized carbons (Fsp3) is 0.600. The van der Waals surface area contributed by atoms with Crippen molar-refractivity contribution in [3.05, 3.63) is 34.6 Å². The Morgan fingerprint density at radius 2 is 2.06 bits per heavy atom. The smallest absolute Gasteiger partial charge is 0.141 e. The van der Waals surface area contributed by atoms with Crippen molar-refractivity contribution in [2.45, 2.75) is 44.6 Å². The summed E-state index contributed by atoms with van der Waals surface area (Å²) in [6.07, 6.45) is 7.59. The van der Waals surface area contributed by atoms with E-state index in [1.54, 1.807) is 6.07 Å². The molecular weight excluding hydrogens is 249 g/mol. The Labute approximate surface area is 114 Å². The summed E-state index contributed by atoms with van der Waals surface area (Å²) in [5.41, 5.74) is 1.12. The zero-order valence-corrected chi connectivity index (χ0v) is 11.6. The van der Waals surface area contributed by atoms with Crippen LogP contribution in [-0.4, -0.2) is 13.1 Å². The third-order valence-electron chi connectivity index (χ3n) is 4.03. The molecule has 0 saturated heterocycles. The average Bonchev–Trinajstić information content (AvgIpc) is 2.41. The molecule has 1 aromatic carbocycles. The molecule has 1 nitrogen and oxygen atoms in total. The Bertz CT molecular complexity index is 388. The van der Waals surface area contributed by atoms with E-state index in [0.29, 0.717) is 6.04 Å². The lowest BCUT2D eigenvalue weighted by atomic mass is 9.81. The number of hydrogen-bond donors (Lipinski definition) is 1. The van der Waals surface area contributed by atoms with Crippen LogP contribution in [0.4, 0.5) is 4.39 Å². The lowest BCUT2D eigenvalue weighted by Crippen LogP contribution is -2.36. The molecule has 0 aromatic heterocycles. The standard InChI is InChI=1S/C15H21ClFN/c1-18-15(12-5-3-2-4-6-12)10-11-7-8-14(17)13(16)9-11/h7-9,12,15,18H,2-6,10H2,1H3. The van der Waals surface area contributed by atoms with Crippen LogP contribution in [0.15, 0.2) is 18.2 Å². The summed E-state index contributed by atoms with van der Waals surface area (Å²) in [5.74, 6) is 0.409. The number of likely N-dealkylation sites (N-methyl/N-ethyl adjacent to an activating group) is 1. The van der Waals surface area contributed by atoms with E-state index in [1.165, 1.54) is 38.2 Å². The van der Waals surface area contributed by atoms with Gasteiger partial charge in [-0.25, -0.2) is 4.39 Å². The van der Waals surface area contributed by atoms with Gasteiger partial charge in [0, 0.05) is 6.04 Å². The number of benzene rings is 1. The van der Waals surface area contributed by atoms with E-state index in [2.05, 4.69) is 5.32 Å². The quantitative estimate of drug-likeness (QED) is 0.864. The van der Waals surface area contributed by atoms with Crippen molar-refractivity contribution in [2.75, 3.05) is 7.05 Å². The predicted octanol–water partition coefficient (Wildman–Crippen LogP) is 4.19. The van der Waals surface area contributed by atoms with Gasteiger partial charge in [0.25, 0.3) is 0 Å². The van der Waals surface area contributed by atoms with Crippen molar-refractivity contribution >= 4 is 11.6 Å². The molecule has 3 heteroatoms. The molecule has 1 aliphatic rings. The molecule has 1 aromatic rings. The second kappa shape index (κ2) is 6.53. The first-order valence-corrected chi connectivity index (χ1v) is 7.19. The van der Waals surface area contributed by atoms with Crippen LogP contribution in [0, 0.1) is 11.7 Å².